The first-order valence-corrected chi connectivity index (χ1v) is 10.1. The third kappa shape index (κ3) is 6.94. The topological polar surface area (TPSA) is 61.4 Å². The summed E-state index contributed by atoms with van der Waals surface area (Å²) in [5.41, 5.74) is 3.00. The average molecular weight is 422 g/mol. The third-order valence-corrected chi connectivity index (χ3v) is 4.80. The number of carbonyl (C=O) groups is 2. The molecule has 2 N–H and O–H groups in total. The van der Waals surface area contributed by atoms with Gasteiger partial charge in [0.05, 0.1) is 6.54 Å². The lowest BCUT2D eigenvalue weighted by molar-refractivity contribution is -0.131. The zero-order chi connectivity index (χ0) is 21.2. The molecule has 0 fully saturated rings. The van der Waals surface area contributed by atoms with E-state index in [4.69, 9.17) is 11.6 Å². The van der Waals surface area contributed by atoms with Crippen LogP contribution in [-0.2, 0) is 24.4 Å². The van der Waals surface area contributed by atoms with E-state index in [1.54, 1.807) is 17.0 Å². The van der Waals surface area contributed by atoms with Crippen LogP contribution in [0.1, 0.15) is 16.7 Å². The van der Waals surface area contributed by atoms with Gasteiger partial charge in [0.15, 0.2) is 0 Å². The zero-order valence-electron chi connectivity index (χ0n) is 16.6. The van der Waals surface area contributed by atoms with Crippen molar-refractivity contribution in [3.8, 4) is 0 Å². The van der Waals surface area contributed by atoms with E-state index in [9.17, 15) is 9.59 Å². The van der Waals surface area contributed by atoms with Gasteiger partial charge < -0.3 is 15.5 Å². The van der Waals surface area contributed by atoms with Crippen molar-refractivity contribution >= 4 is 23.5 Å². The van der Waals surface area contributed by atoms with Gasteiger partial charge in [-0.2, -0.15) is 0 Å². The molecule has 0 spiro atoms. The normalized spacial score (nSPS) is 10.3. The highest BCUT2D eigenvalue weighted by Gasteiger charge is 2.15. The molecule has 0 aliphatic rings. The summed E-state index contributed by atoms with van der Waals surface area (Å²) in [6.07, 6.45) is 0. The molecule has 0 aromatic heterocycles. The minimum atomic E-state index is -0.391. The maximum atomic E-state index is 12.8. The molecule has 5 nitrogen and oxygen atoms in total. The van der Waals surface area contributed by atoms with Gasteiger partial charge in [-0.3, -0.25) is 4.79 Å². The Morgan fingerprint density at radius 2 is 1.23 bits per heavy atom. The maximum Gasteiger partial charge on any atom is 0.315 e. The maximum absolute atomic E-state index is 12.8. The highest BCUT2D eigenvalue weighted by atomic mass is 35.5. The second-order valence-electron chi connectivity index (χ2n) is 6.88. The molecule has 0 unspecified atom stereocenters. The second-order valence-corrected chi connectivity index (χ2v) is 7.32. The summed E-state index contributed by atoms with van der Waals surface area (Å²) < 4.78 is 0. The number of carbonyl (C=O) groups excluding carboxylic acids is 2. The van der Waals surface area contributed by atoms with Crippen LogP contribution in [0.5, 0.6) is 0 Å². The highest BCUT2D eigenvalue weighted by molar-refractivity contribution is 6.30. The Hall–Kier alpha value is -3.31. The molecule has 6 heteroatoms. The summed E-state index contributed by atoms with van der Waals surface area (Å²) in [7, 11) is 0. The van der Waals surface area contributed by atoms with E-state index in [-0.39, 0.29) is 12.5 Å². The van der Waals surface area contributed by atoms with Crippen LogP contribution in [0.4, 0.5) is 4.79 Å². The van der Waals surface area contributed by atoms with Gasteiger partial charge in [0.25, 0.3) is 0 Å². The lowest BCUT2D eigenvalue weighted by atomic mass is 10.1. The second kappa shape index (κ2) is 11.0. The number of hydrogen-bond donors (Lipinski definition) is 2. The third-order valence-electron chi connectivity index (χ3n) is 4.55. The number of urea groups is 1. The largest absolute Gasteiger partial charge is 0.334 e. The summed E-state index contributed by atoms with van der Waals surface area (Å²) in [6, 6.07) is 26.4. The molecule has 0 aliphatic carbocycles. The highest BCUT2D eigenvalue weighted by Crippen LogP contribution is 2.11. The molecular weight excluding hydrogens is 398 g/mol. The fraction of sp³-hybridized carbons (Fsp3) is 0.167. The van der Waals surface area contributed by atoms with Crippen LogP contribution < -0.4 is 10.6 Å². The molecule has 0 atom stereocenters. The number of nitrogens with one attached hydrogen (secondary N) is 2. The number of benzene rings is 3. The number of hydrogen-bond acceptors (Lipinski definition) is 2. The van der Waals surface area contributed by atoms with Crippen molar-refractivity contribution in [1.29, 1.82) is 0 Å². The lowest BCUT2D eigenvalue weighted by Gasteiger charge is -2.23. The van der Waals surface area contributed by atoms with E-state index in [0.717, 1.165) is 16.7 Å². The van der Waals surface area contributed by atoms with E-state index >= 15 is 0 Å². The first-order chi connectivity index (χ1) is 14.6. The van der Waals surface area contributed by atoms with E-state index in [1.807, 2.05) is 72.8 Å². The molecule has 0 bridgehead atoms. The molecule has 0 saturated heterocycles. The van der Waals surface area contributed by atoms with Crippen molar-refractivity contribution < 1.29 is 9.59 Å². The zero-order valence-corrected chi connectivity index (χ0v) is 17.3. The van der Waals surface area contributed by atoms with Crippen LogP contribution in [0.25, 0.3) is 0 Å². The molecule has 30 heavy (non-hydrogen) atoms. The number of halogens is 1. The summed E-state index contributed by atoms with van der Waals surface area (Å²) in [4.78, 5) is 26.7. The molecule has 0 heterocycles. The minimum Gasteiger partial charge on any atom is -0.334 e. The molecule has 3 aromatic carbocycles. The molecule has 3 rings (SSSR count). The van der Waals surface area contributed by atoms with Gasteiger partial charge in [-0.25, -0.2) is 4.79 Å². The molecule has 3 amide bonds. The summed E-state index contributed by atoms with van der Waals surface area (Å²) in [6.45, 7) is 1.23. The smallest absolute Gasteiger partial charge is 0.315 e. The minimum absolute atomic E-state index is 0.0773. The van der Waals surface area contributed by atoms with Crippen LogP contribution in [0.3, 0.4) is 0 Å². The first-order valence-electron chi connectivity index (χ1n) is 9.72. The number of amides is 3. The predicted octanol–water partition coefficient (Wildman–Crippen LogP) is 4.37. The van der Waals surface area contributed by atoms with Crippen molar-refractivity contribution in [1.82, 2.24) is 15.5 Å². The predicted molar refractivity (Wildman–Crippen MR) is 119 cm³/mol. The number of nitrogens with zero attached hydrogens (tertiary/aromatic N) is 1. The standard InChI is InChI=1S/C24H24ClN3O2/c25-22-13-11-19(12-14-22)15-26-24(30)27-16-23(29)28(17-20-7-3-1-4-8-20)18-21-9-5-2-6-10-21/h1-14H,15-18H2,(H2,26,27,30). The van der Waals surface area contributed by atoms with Crippen molar-refractivity contribution in [3.05, 3.63) is 107 Å². The quantitative estimate of drug-likeness (QED) is 0.567. The summed E-state index contributed by atoms with van der Waals surface area (Å²) in [5.74, 6) is -0.149. The Kier molecular flexibility index (Phi) is 7.86. The van der Waals surface area contributed by atoms with Crippen molar-refractivity contribution in [2.45, 2.75) is 19.6 Å². The lowest BCUT2D eigenvalue weighted by Crippen LogP contribution is -2.43. The molecule has 154 valence electrons. The molecule has 0 saturated carbocycles. The molecule has 0 radical (unpaired) electrons. The summed E-state index contributed by atoms with van der Waals surface area (Å²) >= 11 is 5.86. The van der Waals surface area contributed by atoms with Crippen molar-refractivity contribution in [2.75, 3.05) is 6.54 Å². The van der Waals surface area contributed by atoms with Gasteiger partial charge in [-0.1, -0.05) is 84.4 Å². The van der Waals surface area contributed by atoms with E-state index in [0.29, 0.717) is 24.7 Å². The Bertz CT molecular complexity index is 906. The van der Waals surface area contributed by atoms with Gasteiger partial charge >= 0.3 is 6.03 Å². The van der Waals surface area contributed by atoms with E-state index in [1.165, 1.54) is 0 Å². The van der Waals surface area contributed by atoms with Crippen LogP contribution in [0.15, 0.2) is 84.9 Å². The van der Waals surface area contributed by atoms with Gasteiger partial charge in [-0.05, 0) is 28.8 Å². The van der Waals surface area contributed by atoms with E-state index in [2.05, 4.69) is 10.6 Å². The fourth-order valence-corrected chi connectivity index (χ4v) is 3.08. The Balaban J connectivity index is 1.55. The fourth-order valence-electron chi connectivity index (χ4n) is 2.95. The SMILES string of the molecule is O=C(NCC(=O)N(Cc1ccccc1)Cc1ccccc1)NCc1ccc(Cl)cc1. The van der Waals surface area contributed by atoms with Gasteiger partial charge in [0.2, 0.25) is 5.91 Å². The van der Waals surface area contributed by atoms with Crippen LogP contribution in [0, 0.1) is 0 Å². The molecule has 3 aromatic rings. The van der Waals surface area contributed by atoms with Crippen LogP contribution in [0.2, 0.25) is 5.02 Å². The van der Waals surface area contributed by atoms with Crippen molar-refractivity contribution in [3.63, 3.8) is 0 Å². The van der Waals surface area contributed by atoms with Crippen LogP contribution >= 0.6 is 11.6 Å². The Labute approximate surface area is 181 Å². The average Bonchev–Trinajstić information content (AvgIpc) is 2.78. The first kappa shape index (κ1) is 21.4. The van der Waals surface area contributed by atoms with Gasteiger partial charge in [0.1, 0.15) is 0 Å². The van der Waals surface area contributed by atoms with Gasteiger partial charge in [0, 0.05) is 24.7 Å². The molecule has 0 aliphatic heterocycles. The van der Waals surface area contributed by atoms with Crippen LogP contribution in [-0.4, -0.2) is 23.4 Å². The monoisotopic (exact) mass is 421 g/mol. The van der Waals surface area contributed by atoms with Gasteiger partial charge in [-0.15, -0.1) is 0 Å². The molecular formula is C24H24ClN3O2. The van der Waals surface area contributed by atoms with E-state index < -0.39 is 6.03 Å². The number of rotatable bonds is 8. The Morgan fingerprint density at radius 1 is 0.700 bits per heavy atom. The summed E-state index contributed by atoms with van der Waals surface area (Å²) in [5, 5.41) is 6.04. The Morgan fingerprint density at radius 3 is 1.77 bits per heavy atom. The van der Waals surface area contributed by atoms with Crippen molar-refractivity contribution in [2.24, 2.45) is 0 Å².